The van der Waals surface area contributed by atoms with E-state index in [2.05, 4.69) is 4.98 Å². The van der Waals surface area contributed by atoms with Gasteiger partial charge in [0.2, 0.25) is 10.0 Å². The summed E-state index contributed by atoms with van der Waals surface area (Å²) in [5.41, 5.74) is 1.08. The Kier molecular flexibility index (Phi) is 5.99. The number of piperazine rings is 1. The zero-order chi connectivity index (χ0) is 22.0. The number of hydrogen-bond acceptors (Lipinski definition) is 5. The third-order valence-electron chi connectivity index (χ3n) is 5.12. The van der Waals surface area contributed by atoms with Crippen LogP contribution in [0.3, 0.4) is 0 Å². The van der Waals surface area contributed by atoms with Crippen molar-refractivity contribution in [3.05, 3.63) is 65.3 Å². The molecule has 0 aliphatic carbocycles. The van der Waals surface area contributed by atoms with Gasteiger partial charge < -0.3 is 14.6 Å². The smallest absolute Gasteiger partial charge is 0.355 e. The number of hydrogen-bond donors (Lipinski definition) is 1. The molecule has 2 aromatic carbocycles. The van der Waals surface area contributed by atoms with E-state index >= 15 is 0 Å². The number of nitrogens with zero attached hydrogens (tertiary/aromatic N) is 2. The van der Waals surface area contributed by atoms with E-state index in [1.54, 1.807) is 6.07 Å². The van der Waals surface area contributed by atoms with Crippen LogP contribution in [0, 0.1) is 0 Å². The number of halogens is 1. The Morgan fingerprint density at radius 1 is 1.00 bits per heavy atom. The Morgan fingerprint density at radius 2 is 1.68 bits per heavy atom. The molecule has 1 fully saturated rings. The molecule has 0 bridgehead atoms. The molecular formula is C21H20ClN3O5S. The number of esters is 1. The Morgan fingerprint density at radius 3 is 2.35 bits per heavy atom. The predicted molar refractivity (Wildman–Crippen MR) is 115 cm³/mol. The number of amides is 1. The van der Waals surface area contributed by atoms with Gasteiger partial charge in [-0.1, -0.05) is 29.8 Å². The number of fused-ring (bicyclic) bond motifs is 1. The van der Waals surface area contributed by atoms with Gasteiger partial charge in [0.05, 0.1) is 4.90 Å². The number of benzene rings is 2. The van der Waals surface area contributed by atoms with Gasteiger partial charge in [0.25, 0.3) is 5.91 Å². The summed E-state index contributed by atoms with van der Waals surface area (Å²) in [6.45, 7) is 0.350. The highest BCUT2D eigenvalue weighted by Crippen LogP contribution is 2.20. The van der Waals surface area contributed by atoms with Crippen molar-refractivity contribution in [3.63, 3.8) is 0 Å². The van der Waals surface area contributed by atoms with Gasteiger partial charge in [-0.2, -0.15) is 4.31 Å². The number of carbonyl (C=O) groups excluding carboxylic acids is 2. The highest BCUT2D eigenvalue weighted by Gasteiger charge is 2.30. The second-order valence-electron chi connectivity index (χ2n) is 7.09. The predicted octanol–water partition coefficient (Wildman–Crippen LogP) is 2.51. The molecule has 0 saturated carbocycles. The molecule has 0 spiro atoms. The van der Waals surface area contributed by atoms with Crippen LogP contribution in [-0.2, 0) is 19.6 Å². The highest BCUT2D eigenvalue weighted by atomic mass is 35.5. The second kappa shape index (κ2) is 8.70. The van der Waals surface area contributed by atoms with Crippen molar-refractivity contribution in [3.8, 4) is 0 Å². The average molecular weight is 462 g/mol. The first-order chi connectivity index (χ1) is 14.8. The van der Waals surface area contributed by atoms with Crippen molar-refractivity contribution < 1.29 is 22.7 Å². The second-order valence-corrected chi connectivity index (χ2v) is 9.46. The summed E-state index contributed by atoms with van der Waals surface area (Å²) in [5.74, 6) is -0.985. The normalized spacial score (nSPS) is 15.2. The van der Waals surface area contributed by atoms with Crippen molar-refractivity contribution >= 4 is 44.4 Å². The molecule has 4 rings (SSSR count). The first-order valence-electron chi connectivity index (χ1n) is 9.63. The minimum Gasteiger partial charge on any atom is -0.451 e. The van der Waals surface area contributed by atoms with Crippen molar-refractivity contribution in [1.29, 1.82) is 0 Å². The van der Waals surface area contributed by atoms with Crippen LogP contribution in [-0.4, -0.2) is 67.3 Å². The molecular weight excluding hydrogens is 442 g/mol. The fraction of sp³-hybridized carbons (Fsp3) is 0.238. The number of aromatic amines is 1. The molecule has 0 radical (unpaired) electrons. The number of rotatable bonds is 5. The number of carbonyl (C=O) groups is 2. The maximum absolute atomic E-state index is 12.7. The lowest BCUT2D eigenvalue weighted by atomic mass is 10.2. The summed E-state index contributed by atoms with van der Waals surface area (Å²) >= 11 is 5.82. The lowest BCUT2D eigenvalue weighted by Crippen LogP contribution is -2.51. The minimum atomic E-state index is -3.66. The molecule has 1 saturated heterocycles. The monoisotopic (exact) mass is 461 g/mol. The first-order valence-corrected chi connectivity index (χ1v) is 11.4. The molecule has 10 heteroatoms. The number of para-hydroxylation sites is 1. The molecule has 2 heterocycles. The van der Waals surface area contributed by atoms with Gasteiger partial charge in [-0.25, -0.2) is 13.2 Å². The van der Waals surface area contributed by atoms with E-state index in [0.717, 1.165) is 10.9 Å². The Labute approximate surface area is 184 Å². The number of nitrogens with one attached hydrogen (secondary N) is 1. The fourth-order valence-electron chi connectivity index (χ4n) is 3.41. The molecule has 162 valence electrons. The zero-order valence-electron chi connectivity index (χ0n) is 16.5. The maximum atomic E-state index is 12.7. The number of ether oxygens (including phenoxy) is 1. The van der Waals surface area contributed by atoms with Crippen LogP contribution in [0.5, 0.6) is 0 Å². The van der Waals surface area contributed by atoms with Crippen molar-refractivity contribution in [2.75, 3.05) is 32.8 Å². The highest BCUT2D eigenvalue weighted by molar-refractivity contribution is 7.89. The standard InChI is InChI=1S/C21H20ClN3O5S/c22-16-5-7-17(8-6-16)31(28,29)25-11-9-24(10-12-25)20(26)14-30-21(27)19-13-15-3-1-2-4-18(15)23-19/h1-8,13,23H,9-12,14H2. The molecule has 1 aromatic heterocycles. The number of sulfonamides is 1. The van der Waals surface area contributed by atoms with Gasteiger partial charge in [0, 0.05) is 42.1 Å². The van der Waals surface area contributed by atoms with Crippen LogP contribution in [0.2, 0.25) is 5.02 Å². The molecule has 1 aliphatic rings. The first kappa shape index (κ1) is 21.4. The van der Waals surface area contributed by atoms with E-state index in [-0.39, 0.29) is 42.7 Å². The summed E-state index contributed by atoms with van der Waals surface area (Å²) in [6, 6.07) is 15.1. The molecule has 3 aromatic rings. The zero-order valence-corrected chi connectivity index (χ0v) is 18.0. The van der Waals surface area contributed by atoms with E-state index in [0.29, 0.717) is 5.02 Å². The van der Waals surface area contributed by atoms with E-state index in [4.69, 9.17) is 16.3 Å². The van der Waals surface area contributed by atoms with Gasteiger partial charge in [0.1, 0.15) is 5.69 Å². The number of H-pyrrole nitrogens is 1. The third-order valence-corrected chi connectivity index (χ3v) is 7.28. The molecule has 0 atom stereocenters. The Bertz CT molecular complexity index is 1180. The van der Waals surface area contributed by atoms with Crippen LogP contribution in [0.1, 0.15) is 10.5 Å². The van der Waals surface area contributed by atoms with Crippen LogP contribution in [0.4, 0.5) is 0 Å². The lowest BCUT2D eigenvalue weighted by molar-refractivity contribution is -0.135. The van der Waals surface area contributed by atoms with E-state index in [1.165, 1.54) is 33.5 Å². The Hall–Kier alpha value is -2.88. The third kappa shape index (κ3) is 4.58. The maximum Gasteiger partial charge on any atom is 0.355 e. The van der Waals surface area contributed by atoms with E-state index in [1.807, 2.05) is 24.3 Å². The van der Waals surface area contributed by atoms with Crippen LogP contribution in [0.25, 0.3) is 10.9 Å². The lowest BCUT2D eigenvalue weighted by Gasteiger charge is -2.33. The van der Waals surface area contributed by atoms with Gasteiger partial charge in [-0.15, -0.1) is 0 Å². The summed E-state index contributed by atoms with van der Waals surface area (Å²) < 4.78 is 31.9. The largest absolute Gasteiger partial charge is 0.451 e. The molecule has 1 aliphatic heterocycles. The average Bonchev–Trinajstić information content (AvgIpc) is 3.22. The summed E-state index contributed by atoms with van der Waals surface area (Å²) in [6.07, 6.45) is 0. The minimum absolute atomic E-state index is 0.156. The molecule has 8 nitrogen and oxygen atoms in total. The van der Waals surface area contributed by atoms with Crippen LogP contribution < -0.4 is 0 Å². The van der Waals surface area contributed by atoms with Crippen molar-refractivity contribution in [2.45, 2.75) is 4.90 Å². The quantitative estimate of drug-likeness (QED) is 0.588. The summed E-state index contributed by atoms with van der Waals surface area (Å²) in [5, 5.41) is 1.33. The van der Waals surface area contributed by atoms with Gasteiger partial charge in [-0.3, -0.25) is 4.79 Å². The topological polar surface area (TPSA) is 99.8 Å². The van der Waals surface area contributed by atoms with Crippen molar-refractivity contribution in [1.82, 2.24) is 14.2 Å². The van der Waals surface area contributed by atoms with Gasteiger partial charge in [0.15, 0.2) is 6.61 Å². The van der Waals surface area contributed by atoms with E-state index < -0.39 is 22.6 Å². The molecule has 31 heavy (non-hydrogen) atoms. The van der Waals surface area contributed by atoms with Gasteiger partial charge >= 0.3 is 5.97 Å². The molecule has 1 amide bonds. The number of aromatic nitrogens is 1. The SMILES string of the molecule is O=C(OCC(=O)N1CCN(S(=O)(=O)c2ccc(Cl)cc2)CC1)c1cc2ccccc2[nH]1. The van der Waals surface area contributed by atoms with Crippen molar-refractivity contribution in [2.24, 2.45) is 0 Å². The van der Waals surface area contributed by atoms with Crippen LogP contribution >= 0.6 is 11.6 Å². The fourth-order valence-corrected chi connectivity index (χ4v) is 4.96. The Balaban J connectivity index is 1.31. The summed E-state index contributed by atoms with van der Waals surface area (Å²) in [4.78, 5) is 29.3. The molecule has 0 unspecified atom stereocenters. The van der Waals surface area contributed by atoms with E-state index in [9.17, 15) is 18.0 Å². The summed E-state index contributed by atoms with van der Waals surface area (Å²) in [7, 11) is -3.66. The van der Waals surface area contributed by atoms with Crippen LogP contribution in [0.15, 0.2) is 59.5 Å². The van der Waals surface area contributed by atoms with Gasteiger partial charge in [-0.05, 0) is 36.4 Å². The molecule has 1 N–H and O–H groups in total.